The maximum absolute atomic E-state index is 4.70. The lowest BCUT2D eigenvalue weighted by Gasteiger charge is -2.29. The number of nitrogens with zero attached hydrogens (tertiary/aromatic N) is 3. The first-order chi connectivity index (χ1) is 6.31. The summed E-state index contributed by atoms with van der Waals surface area (Å²) in [5.41, 5.74) is 2.06. The van der Waals surface area contributed by atoms with Gasteiger partial charge in [-0.15, -0.1) is 0 Å². The van der Waals surface area contributed by atoms with E-state index in [1.165, 1.54) is 6.42 Å². The Bertz CT molecular complexity index is 284. The van der Waals surface area contributed by atoms with E-state index in [0.29, 0.717) is 6.04 Å². The van der Waals surface area contributed by atoms with Crippen LogP contribution in [0.5, 0.6) is 0 Å². The van der Waals surface area contributed by atoms with Crippen LogP contribution in [-0.4, -0.2) is 27.8 Å². The van der Waals surface area contributed by atoms with Gasteiger partial charge in [-0.2, -0.15) is 0 Å². The van der Waals surface area contributed by atoms with Gasteiger partial charge in [0.1, 0.15) is 11.4 Å². The molecule has 0 aliphatic carbocycles. The SMILES string of the molecule is CCC(C)N1CCc2nonc2C1. The van der Waals surface area contributed by atoms with Crippen LogP contribution in [0.3, 0.4) is 0 Å². The molecule has 1 aromatic heterocycles. The minimum absolute atomic E-state index is 0.629. The Morgan fingerprint density at radius 2 is 2.23 bits per heavy atom. The minimum Gasteiger partial charge on any atom is -0.294 e. The summed E-state index contributed by atoms with van der Waals surface area (Å²) < 4.78 is 4.70. The molecule has 0 saturated heterocycles. The maximum Gasteiger partial charge on any atom is 0.122 e. The molecule has 0 N–H and O–H groups in total. The number of fused-ring (bicyclic) bond motifs is 1. The lowest BCUT2D eigenvalue weighted by molar-refractivity contribution is 0.182. The summed E-state index contributed by atoms with van der Waals surface area (Å²) in [5.74, 6) is 0. The predicted octanol–water partition coefficient (Wildman–Crippen LogP) is 1.23. The Morgan fingerprint density at radius 3 is 3.00 bits per heavy atom. The molecule has 0 bridgehead atoms. The van der Waals surface area contributed by atoms with E-state index in [4.69, 9.17) is 4.63 Å². The van der Waals surface area contributed by atoms with Gasteiger partial charge < -0.3 is 0 Å². The Labute approximate surface area is 77.9 Å². The first-order valence-corrected chi connectivity index (χ1v) is 4.85. The topological polar surface area (TPSA) is 42.2 Å². The molecule has 13 heavy (non-hydrogen) atoms. The largest absolute Gasteiger partial charge is 0.294 e. The zero-order valence-corrected chi connectivity index (χ0v) is 8.16. The fourth-order valence-corrected chi connectivity index (χ4v) is 1.69. The normalized spacial score (nSPS) is 19.8. The van der Waals surface area contributed by atoms with Gasteiger partial charge in [0.05, 0.1) is 0 Å². The maximum atomic E-state index is 4.70. The minimum atomic E-state index is 0.629. The average molecular weight is 181 g/mol. The van der Waals surface area contributed by atoms with Crippen molar-refractivity contribution < 1.29 is 4.63 Å². The zero-order valence-electron chi connectivity index (χ0n) is 8.16. The fourth-order valence-electron chi connectivity index (χ4n) is 1.69. The third kappa shape index (κ3) is 1.58. The highest BCUT2D eigenvalue weighted by Gasteiger charge is 2.23. The molecule has 0 radical (unpaired) electrons. The summed E-state index contributed by atoms with van der Waals surface area (Å²) >= 11 is 0. The Hall–Kier alpha value is -0.900. The van der Waals surface area contributed by atoms with Gasteiger partial charge in [-0.1, -0.05) is 17.2 Å². The molecule has 1 aliphatic heterocycles. The van der Waals surface area contributed by atoms with E-state index in [0.717, 1.165) is 30.9 Å². The molecule has 1 aliphatic rings. The Balaban J connectivity index is 2.08. The molecular formula is C9H15N3O. The van der Waals surface area contributed by atoms with Crippen LogP contribution in [0, 0.1) is 0 Å². The van der Waals surface area contributed by atoms with Crippen LogP contribution in [0.2, 0.25) is 0 Å². The van der Waals surface area contributed by atoms with Gasteiger partial charge >= 0.3 is 0 Å². The van der Waals surface area contributed by atoms with Crippen LogP contribution < -0.4 is 0 Å². The lowest BCUT2D eigenvalue weighted by Crippen LogP contribution is -2.37. The number of aromatic nitrogens is 2. The summed E-state index contributed by atoms with van der Waals surface area (Å²) in [6.45, 7) is 6.43. The summed E-state index contributed by atoms with van der Waals surface area (Å²) in [6.07, 6.45) is 2.16. The highest BCUT2D eigenvalue weighted by atomic mass is 16.6. The molecular weight excluding hydrogens is 166 g/mol. The van der Waals surface area contributed by atoms with Gasteiger partial charge in [0.2, 0.25) is 0 Å². The molecule has 0 saturated carbocycles. The van der Waals surface area contributed by atoms with Gasteiger partial charge in [0.15, 0.2) is 0 Å². The summed E-state index contributed by atoms with van der Waals surface area (Å²) in [7, 11) is 0. The highest BCUT2D eigenvalue weighted by molar-refractivity contribution is 5.11. The summed E-state index contributed by atoms with van der Waals surface area (Å²) in [5, 5.41) is 7.76. The second-order valence-corrected chi connectivity index (χ2v) is 3.64. The number of hydrogen-bond donors (Lipinski definition) is 0. The van der Waals surface area contributed by atoms with Crippen molar-refractivity contribution in [2.45, 2.75) is 39.3 Å². The van der Waals surface area contributed by atoms with Crippen LogP contribution in [0.25, 0.3) is 0 Å². The first kappa shape index (κ1) is 8.69. The Kier molecular flexibility index (Phi) is 2.31. The molecule has 0 amide bonds. The van der Waals surface area contributed by atoms with Crippen molar-refractivity contribution in [1.29, 1.82) is 0 Å². The van der Waals surface area contributed by atoms with Gasteiger partial charge in [0, 0.05) is 25.6 Å². The van der Waals surface area contributed by atoms with Crippen LogP contribution in [-0.2, 0) is 13.0 Å². The van der Waals surface area contributed by atoms with E-state index in [2.05, 4.69) is 29.1 Å². The van der Waals surface area contributed by atoms with Crippen molar-refractivity contribution in [3.8, 4) is 0 Å². The monoisotopic (exact) mass is 181 g/mol. The second-order valence-electron chi connectivity index (χ2n) is 3.64. The van der Waals surface area contributed by atoms with Crippen molar-refractivity contribution in [3.05, 3.63) is 11.4 Å². The number of hydrogen-bond acceptors (Lipinski definition) is 4. The smallest absolute Gasteiger partial charge is 0.122 e. The average Bonchev–Trinajstić information content (AvgIpc) is 2.63. The predicted molar refractivity (Wildman–Crippen MR) is 48.2 cm³/mol. The fraction of sp³-hybridized carbons (Fsp3) is 0.778. The van der Waals surface area contributed by atoms with Crippen molar-refractivity contribution in [2.75, 3.05) is 6.54 Å². The van der Waals surface area contributed by atoms with E-state index < -0.39 is 0 Å². The molecule has 72 valence electrons. The molecule has 0 aromatic carbocycles. The van der Waals surface area contributed by atoms with E-state index in [9.17, 15) is 0 Å². The van der Waals surface area contributed by atoms with Crippen LogP contribution >= 0.6 is 0 Å². The molecule has 0 spiro atoms. The highest BCUT2D eigenvalue weighted by Crippen LogP contribution is 2.17. The van der Waals surface area contributed by atoms with E-state index in [-0.39, 0.29) is 0 Å². The van der Waals surface area contributed by atoms with E-state index in [1.54, 1.807) is 0 Å². The van der Waals surface area contributed by atoms with Gasteiger partial charge in [-0.25, -0.2) is 4.63 Å². The molecule has 2 heterocycles. The molecule has 1 aromatic rings. The molecule has 4 heteroatoms. The van der Waals surface area contributed by atoms with Crippen molar-refractivity contribution >= 4 is 0 Å². The molecule has 2 rings (SSSR count). The number of rotatable bonds is 2. The first-order valence-electron chi connectivity index (χ1n) is 4.85. The van der Waals surface area contributed by atoms with E-state index >= 15 is 0 Å². The summed E-state index contributed by atoms with van der Waals surface area (Å²) in [4.78, 5) is 2.42. The van der Waals surface area contributed by atoms with Gasteiger partial charge in [-0.3, -0.25) is 4.90 Å². The van der Waals surface area contributed by atoms with E-state index in [1.807, 2.05) is 0 Å². The summed E-state index contributed by atoms with van der Waals surface area (Å²) in [6, 6.07) is 0.629. The Morgan fingerprint density at radius 1 is 1.46 bits per heavy atom. The third-order valence-electron chi connectivity index (χ3n) is 2.84. The van der Waals surface area contributed by atoms with Crippen molar-refractivity contribution in [1.82, 2.24) is 15.2 Å². The van der Waals surface area contributed by atoms with Crippen LogP contribution in [0.4, 0.5) is 0 Å². The third-order valence-corrected chi connectivity index (χ3v) is 2.84. The van der Waals surface area contributed by atoms with Gasteiger partial charge in [-0.05, 0) is 13.3 Å². The molecule has 0 fully saturated rings. The quantitative estimate of drug-likeness (QED) is 0.688. The lowest BCUT2D eigenvalue weighted by atomic mass is 10.1. The molecule has 1 atom stereocenters. The van der Waals surface area contributed by atoms with Gasteiger partial charge in [0.25, 0.3) is 0 Å². The standard InChI is InChI=1S/C9H15N3O/c1-3-7(2)12-5-4-8-9(6-12)11-13-10-8/h7H,3-6H2,1-2H3. The second kappa shape index (κ2) is 3.46. The van der Waals surface area contributed by atoms with Crippen LogP contribution in [0.1, 0.15) is 31.7 Å². The molecule has 4 nitrogen and oxygen atoms in total. The van der Waals surface area contributed by atoms with Crippen molar-refractivity contribution in [3.63, 3.8) is 0 Å². The zero-order chi connectivity index (χ0) is 9.26. The van der Waals surface area contributed by atoms with Crippen LogP contribution in [0.15, 0.2) is 4.63 Å². The molecule has 1 unspecified atom stereocenters. The van der Waals surface area contributed by atoms with Crippen molar-refractivity contribution in [2.24, 2.45) is 0 Å².